The number of nitrogens with one attached hydrogen (secondary N) is 1. The van der Waals surface area contributed by atoms with E-state index < -0.39 is 9.84 Å². The van der Waals surface area contributed by atoms with E-state index in [1.807, 2.05) is 12.1 Å². The summed E-state index contributed by atoms with van der Waals surface area (Å²) >= 11 is 5.84. The lowest BCUT2D eigenvalue weighted by molar-refractivity contribution is 0.579. The van der Waals surface area contributed by atoms with Crippen molar-refractivity contribution >= 4 is 21.4 Å². The molecule has 0 aromatic heterocycles. The highest BCUT2D eigenvalue weighted by molar-refractivity contribution is 7.90. The van der Waals surface area contributed by atoms with Crippen LogP contribution in [-0.4, -0.2) is 27.5 Å². The Kier molecular flexibility index (Phi) is 4.13. The highest BCUT2D eigenvalue weighted by atomic mass is 35.5. The van der Waals surface area contributed by atoms with Gasteiger partial charge in [0.05, 0.1) is 5.75 Å². The zero-order chi connectivity index (χ0) is 11.5. The SMILES string of the molecule is CNC(CS(C)(=O)=O)c1cccc(Cl)c1. The molecule has 0 aliphatic carbocycles. The lowest BCUT2D eigenvalue weighted by atomic mass is 10.1. The first-order valence-corrected chi connectivity index (χ1v) is 6.96. The second kappa shape index (κ2) is 4.96. The monoisotopic (exact) mass is 247 g/mol. The summed E-state index contributed by atoms with van der Waals surface area (Å²) in [6, 6.07) is 6.99. The van der Waals surface area contributed by atoms with Gasteiger partial charge in [-0.15, -0.1) is 0 Å². The highest BCUT2D eigenvalue weighted by Crippen LogP contribution is 2.18. The van der Waals surface area contributed by atoms with Gasteiger partial charge in [0.2, 0.25) is 0 Å². The Balaban J connectivity index is 2.93. The van der Waals surface area contributed by atoms with Gasteiger partial charge in [0.25, 0.3) is 0 Å². The topological polar surface area (TPSA) is 46.2 Å². The van der Waals surface area contributed by atoms with E-state index in [0.29, 0.717) is 5.02 Å². The molecule has 5 heteroatoms. The maximum absolute atomic E-state index is 11.2. The van der Waals surface area contributed by atoms with Crippen LogP contribution in [-0.2, 0) is 9.84 Å². The molecule has 15 heavy (non-hydrogen) atoms. The van der Waals surface area contributed by atoms with Crippen LogP contribution in [0.4, 0.5) is 0 Å². The molecule has 1 atom stereocenters. The van der Waals surface area contributed by atoms with Gasteiger partial charge >= 0.3 is 0 Å². The largest absolute Gasteiger partial charge is 0.312 e. The maximum Gasteiger partial charge on any atom is 0.149 e. The van der Waals surface area contributed by atoms with Crippen molar-refractivity contribution in [3.05, 3.63) is 34.9 Å². The second-order valence-corrected chi connectivity index (χ2v) is 6.11. The van der Waals surface area contributed by atoms with Crippen LogP contribution in [0.5, 0.6) is 0 Å². The Labute approximate surface area is 95.4 Å². The van der Waals surface area contributed by atoms with Crippen molar-refractivity contribution in [1.29, 1.82) is 0 Å². The van der Waals surface area contributed by atoms with Crippen LogP contribution in [0.3, 0.4) is 0 Å². The molecule has 1 aromatic carbocycles. The molecule has 1 unspecified atom stereocenters. The Morgan fingerprint density at radius 3 is 2.60 bits per heavy atom. The molecule has 1 rings (SSSR count). The normalized spacial score (nSPS) is 13.8. The first kappa shape index (κ1) is 12.5. The van der Waals surface area contributed by atoms with Gasteiger partial charge in [0.15, 0.2) is 0 Å². The van der Waals surface area contributed by atoms with Gasteiger partial charge in [-0.3, -0.25) is 0 Å². The molecule has 84 valence electrons. The summed E-state index contributed by atoms with van der Waals surface area (Å²) in [4.78, 5) is 0. The molecule has 0 bridgehead atoms. The Bertz CT molecular complexity index is 431. The molecular formula is C10H14ClNO2S. The zero-order valence-electron chi connectivity index (χ0n) is 8.70. The summed E-state index contributed by atoms with van der Waals surface area (Å²) in [6.45, 7) is 0. The first-order chi connectivity index (χ1) is 6.92. The summed E-state index contributed by atoms with van der Waals surface area (Å²) in [5, 5.41) is 3.58. The van der Waals surface area contributed by atoms with Crippen LogP contribution in [0.1, 0.15) is 11.6 Å². The number of hydrogen-bond donors (Lipinski definition) is 1. The Hall–Kier alpha value is -0.580. The van der Waals surface area contributed by atoms with E-state index >= 15 is 0 Å². The van der Waals surface area contributed by atoms with E-state index in [-0.39, 0.29) is 11.8 Å². The van der Waals surface area contributed by atoms with E-state index in [1.54, 1.807) is 19.2 Å². The van der Waals surface area contributed by atoms with E-state index in [4.69, 9.17) is 11.6 Å². The van der Waals surface area contributed by atoms with E-state index in [1.165, 1.54) is 6.26 Å². The predicted octanol–water partition coefficient (Wildman–Crippen LogP) is 1.65. The molecule has 0 spiro atoms. The van der Waals surface area contributed by atoms with Crippen molar-refractivity contribution in [2.75, 3.05) is 19.1 Å². The van der Waals surface area contributed by atoms with Gasteiger partial charge in [0, 0.05) is 17.3 Å². The van der Waals surface area contributed by atoms with Gasteiger partial charge in [-0.2, -0.15) is 0 Å². The van der Waals surface area contributed by atoms with E-state index in [2.05, 4.69) is 5.32 Å². The number of halogens is 1. The van der Waals surface area contributed by atoms with Gasteiger partial charge in [-0.05, 0) is 24.7 Å². The average Bonchev–Trinajstić information content (AvgIpc) is 2.13. The Morgan fingerprint density at radius 1 is 1.47 bits per heavy atom. The third-order valence-electron chi connectivity index (χ3n) is 2.07. The van der Waals surface area contributed by atoms with Crippen molar-refractivity contribution in [2.24, 2.45) is 0 Å². The third kappa shape index (κ3) is 4.20. The predicted molar refractivity (Wildman–Crippen MR) is 63.0 cm³/mol. The molecule has 0 fully saturated rings. The van der Waals surface area contributed by atoms with Crippen LogP contribution in [0.15, 0.2) is 24.3 Å². The smallest absolute Gasteiger partial charge is 0.149 e. The molecule has 1 aromatic rings. The highest BCUT2D eigenvalue weighted by Gasteiger charge is 2.15. The summed E-state index contributed by atoms with van der Waals surface area (Å²) in [5.41, 5.74) is 0.885. The molecule has 0 saturated carbocycles. The zero-order valence-corrected chi connectivity index (χ0v) is 10.3. The molecule has 0 aliphatic heterocycles. The van der Waals surface area contributed by atoms with Gasteiger partial charge in [0.1, 0.15) is 9.84 Å². The molecule has 0 amide bonds. The number of benzene rings is 1. The van der Waals surface area contributed by atoms with E-state index in [9.17, 15) is 8.42 Å². The molecule has 0 heterocycles. The van der Waals surface area contributed by atoms with Crippen molar-refractivity contribution in [1.82, 2.24) is 5.32 Å². The van der Waals surface area contributed by atoms with Crippen LogP contribution in [0.2, 0.25) is 5.02 Å². The van der Waals surface area contributed by atoms with Crippen molar-refractivity contribution in [2.45, 2.75) is 6.04 Å². The lowest BCUT2D eigenvalue weighted by Gasteiger charge is -2.15. The van der Waals surface area contributed by atoms with Crippen LogP contribution < -0.4 is 5.32 Å². The minimum absolute atomic E-state index is 0.0733. The first-order valence-electron chi connectivity index (χ1n) is 4.53. The van der Waals surface area contributed by atoms with Crippen molar-refractivity contribution in [3.8, 4) is 0 Å². The van der Waals surface area contributed by atoms with Crippen molar-refractivity contribution in [3.63, 3.8) is 0 Å². The minimum Gasteiger partial charge on any atom is -0.312 e. The van der Waals surface area contributed by atoms with Crippen molar-refractivity contribution < 1.29 is 8.42 Å². The van der Waals surface area contributed by atoms with Gasteiger partial charge < -0.3 is 5.32 Å². The van der Waals surface area contributed by atoms with Gasteiger partial charge in [-0.1, -0.05) is 23.7 Å². The van der Waals surface area contributed by atoms with Crippen LogP contribution in [0, 0.1) is 0 Å². The maximum atomic E-state index is 11.2. The minimum atomic E-state index is -3.00. The fourth-order valence-corrected chi connectivity index (χ4v) is 2.54. The summed E-state index contributed by atoms with van der Waals surface area (Å²) < 4.78 is 22.4. The Morgan fingerprint density at radius 2 is 2.13 bits per heavy atom. The molecular weight excluding hydrogens is 234 g/mol. The van der Waals surface area contributed by atoms with E-state index in [0.717, 1.165) is 5.56 Å². The second-order valence-electron chi connectivity index (χ2n) is 3.49. The fraction of sp³-hybridized carbons (Fsp3) is 0.400. The molecule has 0 radical (unpaired) electrons. The summed E-state index contributed by atoms with van der Waals surface area (Å²) in [7, 11) is -1.27. The summed E-state index contributed by atoms with van der Waals surface area (Å²) in [6.07, 6.45) is 1.22. The third-order valence-corrected chi connectivity index (χ3v) is 3.24. The lowest BCUT2D eigenvalue weighted by Crippen LogP contribution is -2.24. The number of hydrogen-bond acceptors (Lipinski definition) is 3. The number of rotatable bonds is 4. The standard InChI is InChI=1S/C10H14ClNO2S/c1-12-10(7-15(2,13)14)8-4-3-5-9(11)6-8/h3-6,10,12H,7H2,1-2H3. The van der Waals surface area contributed by atoms with Gasteiger partial charge in [-0.25, -0.2) is 8.42 Å². The molecule has 1 N–H and O–H groups in total. The fourth-order valence-electron chi connectivity index (χ4n) is 1.37. The molecule has 0 aliphatic rings. The molecule has 3 nitrogen and oxygen atoms in total. The molecule has 0 saturated heterocycles. The average molecular weight is 248 g/mol. The quantitative estimate of drug-likeness (QED) is 0.880. The van der Waals surface area contributed by atoms with Crippen LogP contribution >= 0.6 is 11.6 Å². The number of sulfone groups is 1. The summed E-state index contributed by atoms with van der Waals surface area (Å²) in [5.74, 6) is 0.0733. The van der Waals surface area contributed by atoms with Crippen LogP contribution in [0.25, 0.3) is 0 Å².